The van der Waals surface area contributed by atoms with Crippen molar-refractivity contribution >= 4 is 35.0 Å². The van der Waals surface area contributed by atoms with Crippen LogP contribution in [0.25, 0.3) is 0 Å². The van der Waals surface area contributed by atoms with E-state index in [9.17, 15) is 19.2 Å². The lowest BCUT2D eigenvalue weighted by Crippen LogP contribution is -2.66. The number of nitrogens with one attached hydrogen (secondary N) is 1. The molecule has 0 bridgehead atoms. The molecule has 7 heteroatoms. The highest BCUT2D eigenvalue weighted by Crippen LogP contribution is 2.76. The molecule has 1 N–H and O–H groups in total. The molecule has 1 aromatic rings. The molecule has 4 saturated carbocycles. The Morgan fingerprint density at radius 3 is 2.21 bits per heavy atom. The Hall–Kier alpha value is -2.47. The fourth-order valence-corrected chi connectivity index (χ4v) is 12.5. The van der Waals surface area contributed by atoms with Gasteiger partial charge in [-0.15, -0.1) is 0 Å². The summed E-state index contributed by atoms with van der Waals surface area (Å²) in [4.78, 5) is 53.3. The molecule has 256 valence electrons. The molecule has 0 radical (unpaired) electrons. The maximum Gasteiger partial charge on any atom is 0.302 e. The Kier molecular flexibility index (Phi) is 8.46. The number of allylic oxidation sites excluding steroid dienone is 1. The summed E-state index contributed by atoms with van der Waals surface area (Å²) in [5.41, 5.74) is 1.56. The molecule has 0 aromatic heterocycles. The van der Waals surface area contributed by atoms with Crippen LogP contribution in [0, 0.1) is 50.7 Å². The Bertz CT molecular complexity index is 1530. The van der Waals surface area contributed by atoms with E-state index >= 15 is 0 Å². The zero-order chi connectivity index (χ0) is 34.3. The van der Waals surface area contributed by atoms with Crippen molar-refractivity contribution in [1.29, 1.82) is 0 Å². The number of benzene rings is 1. The summed E-state index contributed by atoms with van der Waals surface area (Å²) >= 11 is 6.02. The van der Waals surface area contributed by atoms with Crippen molar-refractivity contribution in [3.63, 3.8) is 0 Å². The molecule has 47 heavy (non-hydrogen) atoms. The fraction of sp³-hybridized carbons (Fsp3) is 0.700. The number of esters is 1. The van der Waals surface area contributed by atoms with Crippen molar-refractivity contribution in [3.8, 4) is 0 Å². The smallest absolute Gasteiger partial charge is 0.302 e. The number of carbonyl (C=O) groups is 4. The highest BCUT2D eigenvalue weighted by atomic mass is 35.5. The molecule has 0 spiro atoms. The first-order valence-corrected chi connectivity index (χ1v) is 18.3. The second kappa shape index (κ2) is 11.6. The summed E-state index contributed by atoms with van der Waals surface area (Å²) < 4.78 is 5.92. The highest BCUT2D eigenvalue weighted by molar-refractivity contribution is 6.30. The van der Waals surface area contributed by atoms with Gasteiger partial charge in [-0.2, -0.15) is 0 Å². The molecule has 0 heterocycles. The van der Waals surface area contributed by atoms with E-state index < -0.39 is 5.41 Å². The summed E-state index contributed by atoms with van der Waals surface area (Å²) in [6, 6.07) is 6.72. The maximum atomic E-state index is 14.4. The van der Waals surface area contributed by atoms with Gasteiger partial charge in [0.1, 0.15) is 6.10 Å². The van der Waals surface area contributed by atoms with E-state index in [0.717, 1.165) is 56.1 Å². The molecule has 5 aliphatic rings. The van der Waals surface area contributed by atoms with Crippen molar-refractivity contribution < 1.29 is 23.9 Å². The van der Waals surface area contributed by atoms with Crippen molar-refractivity contribution in [2.75, 3.05) is 6.54 Å². The normalized spacial score (nSPS) is 39.0. The lowest BCUT2D eigenvalue weighted by molar-refractivity contribution is -0.232. The Labute approximate surface area is 286 Å². The van der Waals surface area contributed by atoms with Gasteiger partial charge in [0.15, 0.2) is 11.6 Å². The van der Waals surface area contributed by atoms with Gasteiger partial charge < -0.3 is 10.1 Å². The second-order valence-electron chi connectivity index (χ2n) is 17.3. The molecule has 6 rings (SSSR count). The van der Waals surface area contributed by atoms with Crippen LogP contribution < -0.4 is 5.32 Å². The van der Waals surface area contributed by atoms with Crippen LogP contribution in [0.2, 0.25) is 5.02 Å². The second-order valence-corrected chi connectivity index (χ2v) is 17.8. The summed E-state index contributed by atoms with van der Waals surface area (Å²) in [6.07, 6.45) is 7.80. The van der Waals surface area contributed by atoms with Crippen LogP contribution in [0.5, 0.6) is 0 Å². The standard InChI is InChI=1S/C40H54ClNO5/c1-23(2)33-28(44)21-40(35(46)42-22-29(45)25-9-11-26(41)12-10-25)20-19-38(7)27(34(33)40)13-14-31-37(6)17-16-32(47-24(3)43)36(4,5)30(37)15-18-39(31,38)8/h9-12,23,27,30-32H,13-22H2,1-8H3,(H,42,46)/t27-,30+,31-,32+,37+,38-,39-,40-/m1/s1. The van der Waals surface area contributed by atoms with E-state index in [2.05, 4.69) is 53.8 Å². The Morgan fingerprint density at radius 1 is 0.894 bits per heavy atom. The molecule has 1 amide bonds. The first kappa shape index (κ1) is 34.4. The number of Topliss-reactive ketones (excluding diaryl/α,β-unsaturated/α-hetero) is 2. The molecule has 0 unspecified atom stereocenters. The van der Waals surface area contributed by atoms with Crippen molar-refractivity contribution in [1.82, 2.24) is 5.32 Å². The van der Waals surface area contributed by atoms with E-state index in [1.54, 1.807) is 24.3 Å². The molecular weight excluding hydrogens is 610 g/mol. The van der Waals surface area contributed by atoms with Gasteiger partial charge in [0.05, 0.1) is 12.0 Å². The lowest BCUT2D eigenvalue weighted by Gasteiger charge is -2.72. The topological polar surface area (TPSA) is 89.5 Å². The number of carbonyl (C=O) groups excluding carboxylic acids is 4. The Balaban J connectivity index is 1.32. The minimum Gasteiger partial charge on any atom is -0.462 e. The average Bonchev–Trinajstić information content (AvgIpc) is 3.31. The number of ketones is 2. The predicted molar refractivity (Wildman–Crippen MR) is 184 cm³/mol. The zero-order valence-electron chi connectivity index (χ0n) is 29.7. The monoisotopic (exact) mass is 663 g/mol. The first-order chi connectivity index (χ1) is 21.9. The molecule has 4 fully saturated rings. The van der Waals surface area contributed by atoms with E-state index in [0.29, 0.717) is 28.8 Å². The quantitative estimate of drug-likeness (QED) is 0.243. The third kappa shape index (κ3) is 5.00. The van der Waals surface area contributed by atoms with Gasteiger partial charge in [0.25, 0.3) is 0 Å². The largest absolute Gasteiger partial charge is 0.462 e. The number of amides is 1. The number of ether oxygens (including phenoxy) is 1. The highest BCUT2D eigenvalue weighted by Gasteiger charge is 2.71. The van der Waals surface area contributed by atoms with E-state index in [1.807, 2.05) is 0 Å². The average molecular weight is 664 g/mol. The SMILES string of the molecule is CC(=O)O[C@H]1CC[C@]2(C)[C@H]3CC[C@@H]4C5=C(C(C)C)C(=O)C[C@]5(C(=O)NCC(=O)c5ccc(Cl)cc5)CC[C@@]4(C)[C@]3(C)CC[C@H]2C1(C)C. The van der Waals surface area contributed by atoms with Crippen molar-refractivity contribution in [2.24, 2.45) is 50.7 Å². The third-order valence-electron chi connectivity index (χ3n) is 14.7. The van der Waals surface area contributed by atoms with Crippen LogP contribution in [0.1, 0.15) is 124 Å². The van der Waals surface area contributed by atoms with Crippen LogP contribution in [0.15, 0.2) is 35.4 Å². The van der Waals surface area contributed by atoms with Gasteiger partial charge in [-0.1, -0.05) is 60.1 Å². The number of rotatable bonds is 6. The van der Waals surface area contributed by atoms with Gasteiger partial charge in [0.2, 0.25) is 5.91 Å². The van der Waals surface area contributed by atoms with Gasteiger partial charge in [0, 0.05) is 29.3 Å². The number of fused-ring (bicyclic) bond motifs is 7. The van der Waals surface area contributed by atoms with Crippen LogP contribution in [-0.2, 0) is 19.1 Å². The molecule has 0 aliphatic heterocycles. The molecule has 5 aliphatic carbocycles. The van der Waals surface area contributed by atoms with Crippen molar-refractivity contribution in [2.45, 2.75) is 119 Å². The van der Waals surface area contributed by atoms with Crippen LogP contribution in [0.4, 0.5) is 0 Å². The number of halogens is 1. The first-order valence-electron chi connectivity index (χ1n) is 17.9. The third-order valence-corrected chi connectivity index (χ3v) is 14.9. The summed E-state index contributed by atoms with van der Waals surface area (Å²) in [6.45, 7) is 17.8. The van der Waals surface area contributed by atoms with Crippen LogP contribution in [0.3, 0.4) is 0 Å². The predicted octanol–water partition coefficient (Wildman–Crippen LogP) is 8.55. The summed E-state index contributed by atoms with van der Waals surface area (Å²) in [5, 5.41) is 3.56. The molecular formula is C40H54ClNO5. The van der Waals surface area contributed by atoms with Crippen molar-refractivity contribution in [3.05, 3.63) is 46.0 Å². The lowest BCUT2D eigenvalue weighted by atomic mass is 9.33. The fourth-order valence-electron chi connectivity index (χ4n) is 12.3. The molecule has 1 aromatic carbocycles. The summed E-state index contributed by atoms with van der Waals surface area (Å²) in [7, 11) is 0. The van der Waals surface area contributed by atoms with Gasteiger partial charge in [-0.05, 0) is 127 Å². The van der Waals surface area contributed by atoms with Gasteiger partial charge in [-0.25, -0.2) is 0 Å². The van der Waals surface area contributed by atoms with E-state index in [1.165, 1.54) is 6.92 Å². The van der Waals surface area contributed by atoms with Gasteiger partial charge in [-0.3, -0.25) is 19.2 Å². The molecule has 0 saturated heterocycles. The van der Waals surface area contributed by atoms with E-state index in [4.69, 9.17) is 16.3 Å². The van der Waals surface area contributed by atoms with E-state index in [-0.39, 0.29) is 76.0 Å². The Morgan fingerprint density at radius 2 is 1.57 bits per heavy atom. The minimum atomic E-state index is -0.893. The number of hydrogen-bond donors (Lipinski definition) is 1. The number of hydrogen-bond acceptors (Lipinski definition) is 5. The minimum absolute atomic E-state index is 0.0290. The zero-order valence-corrected chi connectivity index (χ0v) is 30.4. The molecule has 8 atom stereocenters. The summed E-state index contributed by atoms with van der Waals surface area (Å²) in [5.74, 6) is 0.704. The molecule has 6 nitrogen and oxygen atoms in total. The van der Waals surface area contributed by atoms with Crippen LogP contribution in [-0.4, -0.2) is 36.1 Å². The van der Waals surface area contributed by atoms with Gasteiger partial charge >= 0.3 is 5.97 Å². The maximum absolute atomic E-state index is 14.4. The van der Waals surface area contributed by atoms with Crippen LogP contribution >= 0.6 is 11.6 Å².